The van der Waals surface area contributed by atoms with Gasteiger partial charge in [0, 0.05) is 19.6 Å². The minimum atomic E-state index is -5.08. The Morgan fingerprint density at radius 2 is 2.07 bits per heavy atom. The molecule has 0 bridgehead atoms. The van der Waals surface area contributed by atoms with Gasteiger partial charge in [0.25, 0.3) is 0 Å². The number of alkyl halides is 3. The van der Waals surface area contributed by atoms with Crippen LogP contribution in [0.1, 0.15) is 12.0 Å². The first kappa shape index (κ1) is 21.1. The normalized spacial score (nSPS) is 23.0. The average Bonchev–Trinajstić information content (AvgIpc) is 2.75. The van der Waals surface area contributed by atoms with E-state index in [1.165, 1.54) is 12.1 Å². The molecule has 10 heteroatoms. The van der Waals surface area contributed by atoms with Gasteiger partial charge in [-0.05, 0) is 30.7 Å². The molecule has 2 saturated heterocycles. The number of hydrogen-bond acceptors (Lipinski definition) is 4. The molecule has 0 spiro atoms. The second kappa shape index (κ2) is 9.14. The van der Waals surface area contributed by atoms with Crippen LogP contribution in [-0.2, 0) is 20.9 Å². The highest BCUT2D eigenvalue weighted by atomic mass is 19.4. The van der Waals surface area contributed by atoms with E-state index in [4.69, 9.17) is 14.6 Å². The second-order valence-corrected chi connectivity index (χ2v) is 6.20. The highest BCUT2D eigenvalue weighted by molar-refractivity contribution is 5.80. The van der Waals surface area contributed by atoms with Gasteiger partial charge in [-0.15, -0.1) is 0 Å². The fourth-order valence-corrected chi connectivity index (χ4v) is 2.96. The molecule has 2 aliphatic heterocycles. The Bertz CT molecular complexity index is 669. The topological polar surface area (TPSA) is 78.9 Å². The number of carbonyl (C=O) groups is 2. The number of benzene rings is 1. The number of hydrogen-bond donors (Lipinski definition) is 2. The molecule has 6 nitrogen and oxygen atoms in total. The SMILES string of the molecule is O=C(O)C(F)(F)F.O=C1[C@@H]2CCNC[C@@H]2OCCN1Cc1cccc(F)c1. The zero-order valence-corrected chi connectivity index (χ0v) is 14.3. The summed E-state index contributed by atoms with van der Waals surface area (Å²) >= 11 is 0. The van der Waals surface area contributed by atoms with Crippen LogP contribution in [0.15, 0.2) is 24.3 Å². The minimum Gasteiger partial charge on any atom is -0.475 e. The number of fused-ring (bicyclic) bond motifs is 1. The molecule has 2 aliphatic rings. The van der Waals surface area contributed by atoms with Crippen molar-refractivity contribution in [1.29, 1.82) is 0 Å². The summed E-state index contributed by atoms with van der Waals surface area (Å²) in [5.74, 6) is -2.95. The molecule has 1 amide bonds. The minimum absolute atomic E-state index is 0.0197. The van der Waals surface area contributed by atoms with Crippen molar-refractivity contribution in [1.82, 2.24) is 10.2 Å². The summed E-state index contributed by atoms with van der Waals surface area (Å²) in [6, 6.07) is 6.43. The number of nitrogens with zero attached hydrogens (tertiary/aromatic N) is 1. The van der Waals surface area contributed by atoms with Gasteiger partial charge in [-0.25, -0.2) is 9.18 Å². The summed E-state index contributed by atoms with van der Waals surface area (Å²) in [5, 5.41) is 10.4. The summed E-state index contributed by atoms with van der Waals surface area (Å²) in [7, 11) is 0. The Morgan fingerprint density at radius 1 is 1.37 bits per heavy atom. The molecule has 2 N–H and O–H groups in total. The van der Waals surface area contributed by atoms with E-state index >= 15 is 0 Å². The number of rotatable bonds is 2. The van der Waals surface area contributed by atoms with Crippen LogP contribution in [0.5, 0.6) is 0 Å². The Kier molecular flexibility index (Phi) is 7.14. The molecule has 2 fully saturated rings. The van der Waals surface area contributed by atoms with Crippen molar-refractivity contribution in [2.45, 2.75) is 25.2 Å². The molecule has 1 aromatic carbocycles. The quantitative estimate of drug-likeness (QED) is 0.751. The van der Waals surface area contributed by atoms with Gasteiger partial charge < -0.3 is 20.1 Å². The number of nitrogens with one attached hydrogen (secondary N) is 1. The van der Waals surface area contributed by atoms with E-state index in [-0.39, 0.29) is 23.7 Å². The van der Waals surface area contributed by atoms with Crippen molar-refractivity contribution in [2.75, 3.05) is 26.2 Å². The molecule has 0 radical (unpaired) electrons. The molecular weight excluding hydrogens is 372 g/mol. The van der Waals surface area contributed by atoms with Crippen LogP contribution in [0.25, 0.3) is 0 Å². The van der Waals surface area contributed by atoms with Gasteiger partial charge in [0.15, 0.2) is 0 Å². The zero-order valence-electron chi connectivity index (χ0n) is 14.3. The standard InChI is InChI=1S/C15H19FN2O2.C2HF3O2/c16-12-3-1-2-11(8-12)10-18-6-7-20-14-9-17-5-4-13(14)15(18)19;3-2(4,5)1(6)7/h1-3,8,13-14,17H,4-7,9-10H2;(H,6,7)/t13-,14+;/m1./s1. The monoisotopic (exact) mass is 392 g/mol. The molecule has 27 heavy (non-hydrogen) atoms. The van der Waals surface area contributed by atoms with Gasteiger partial charge >= 0.3 is 12.1 Å². The smallest absolute Gasteiger partial charge is 0.475 e. The third-order valence-electron chi connectivity index (χ3n) is 4.25. The maximum absolute atomic E-state index is 13.2. The van der Waals surface area contributed by atoms with Crippen molar-refractivity contribution in [3.8, 4) is 0 Å². The maximum atomic E-state index is 13.2. The number of aliphatic carboxylic acids is 1. The molecule has 0 unspecified atom stereocenters. The Hall–Kier alpha value is -2.20. The predicted octanol–water partition coefficient (Wildman–Crippen LogP) is 1.80. The van der Waals surface area contributed by atoms with Gasteiger partial charge in [-0.3, -0.25) is 4.79 Å². The van der Waals surface area contributed by atoms with Crippen LogP contribution in [0, 0.1) is 11.7 Å². The molecule has 150 valence electrons. The molecule has 3 rings (SSSR count). The third-order valence-corrected chi connectivity index (χ3v) is 4.25. The number of amides is 1. The van der Waals surface area contributed by atoms with E-state index in [0.29, 0.717) is 19.7 Å². The summed E-state index contributed by atoms with van der Waals surface area (Å²) in [4.78, 5) is 23.3. The first-order valence-corrected chi connectivity index (χ1v) is 8.34. The number of halogens is 4. The van der Waals surface area contributed by atoms with Crippen molar-refractivity contribution in [2.24, 2.45) is 5.92 Å². The van der Waals surface area contributed by atoms with Crippen molar-refractivity contribution in [3.05, 3.63) is 35.6 Å². The van der Waals surface area contributed by atoms with Crippen LogP contribution < -0.4 is 5.32 Å². The fraction of sp³-hybridized carbons (Fsp3) is 0.529. The van der Waals surface area contributed by atoms with Crippen LogP contribution >= 0.6 is 0 Å². The van der Waals surface area contributed by atoms with Gasteiger partial charge in [-0.2, -0.15) is 13.2 Å². The van der Waals surface area contributed by atoms with Gasteiger partial charge in [-0.1, -0.05) is 12.1 Å². The van der Waals surface area contributed by atoms with Crippen LogP contribution in [0.2, 0.25) is 0 Å². The van der Waals surface area contributed by atoms with Gasteiger partial charge in [0.1, 0.15) is 5.82 Å². The zero-order chi connectivity index (χ0) is 20.0. The summed E-state index contributed by atoms with van der Waals surface area (Å²) < 4.78 is 50.7. The number of ether oxygens (including phenoxy) is 1. The lowest BCUT2D eigenvalue weighted by atomic mass is 9.93. The molecule has 0 aliphatic carbocycles. The Balaban J connectivity index is 0.000000321. The van der Waals surface area contributed by atoms with E-state index in [0.717, 1.165) is 25.1 Å². The molecule has 0 aromatic heterocycles. The fourth-order valence-electron chi connectivity index (χ4n) is 2.96. The molecule has 1 aromatic rings. The Morgan fingerprint density at radius 3 is 2.70 bits per heavy atom. The van der Waals surface area contributed by atoms with Gasteiger partial charge in [0.05, 0.1) is 18.6 Å². The van der Waals surface area contributed by atoms with Crippen molar-refractivity contribution >= 4 is 11.9 Å². The maximum Gasteiger partial charge on any atom is 0.490 e. The summed E-state index contributed by atoms with van der Waals surface area (Å²) in [6.45, 7) is 3.16. The van der Waals surface area contributed by atoms with Crippen LogP contribution in [0.3, 0.4) is 0 Å². The lowest BCUT2D eigenvalue weighted by Gasteiger charge is -2.30. The number of carbonyl (C=O) groups excluding carboxylic acids is 1. The summed E-state index contributed by atoms with van der Waals surface area (Å²) in [6.07, 6.45) is -4.29. The van der Waals surface area contributed by atoms with Crippen molar-refractivity contribution in [3.63, 3.8) is 0 Å². The summed E-state index contributed by atoms with van der Waals surface area (Å²) in [5.41, 5.74) is 0.825. The lowest BCUT2D eigenvalue weighted by molar-refractivity contribution is -0.192. The third kappa shape index (κ3) is 6.17. The van der Waals surface area contributed by atoms with Crippen LogP contribution in [-0.4, -0.2) is 60.4 Å². The van der Waals surface area contributed by atoms with Crippen molar-refractivity contribution < 1.29 is 37.0 Å². The highest BCUT2D eigenvalue weighted by Gasteiger charge is 2.38. The molecule has 2 heterocycles. The van der Waals surface area contributed by atoms with E-state index in [2.05, 4.69) is 5.32 Å². The number of carboxylic acid groups (broad SMARTS) is 1. The number of piperidine rings is 1. The Labute approximate surface area is 153 Å². The molecule has 0 saturated carbocycles. The van der Waals surface area contributed by atoms with Crippen LogP contribution in [0.4, 0.5) is 17.6 Å². The van der Waals surface area contributed by atoms with Gasteiger partial charge in [0.2, 0.25) is 5.91 Å². The van der Waals surface area contributed by atoms with E-state index < -0.39 is 12.1 Å². The lowest BCUT2D eigenvalue weighted by Crippen LogP contribution is -2.47. The number of carboxylic acids is 1. The van der Waals surface area contributed by atoms with E-state index in [1.807, 2.05) is 6.07 Å². The average molecular weight is 392 g/mol. The largest absolute Gasteiger partial charge is 0.490 e. The molecular formula is C17H20F4N2O4. The van der Waals surface area contributed by atoms with E-state index in [1.54, 1.807) is 11.0 Å². The van der Waals surface area contributed by atoms with E-state index in [9.17, 15) is 22.4 Å². The predicted molar refractivity (Wildman–Crippen MR) is 86.2 cm³/mol. The molecule has 2 atom stereocenters. The second-order valence-electron chi connectivity index (χ2n) is 6.20. The highest BCUT2D eigenvalue weighted by Crippen LogP contribution is 2.23. The first-order chi connectivity index (χ1) is 12.7. The first-order valence-electron chi connectivity index (χ1n) is 8.34.